The van der Waals surface area contributed by atoms with Crippen LogP contribution >= 0.6 is 0 Å². The molecule has 4 heteroatoms. The van der Waals surface area contributed by atoms with Crippen LogP contribution in [0.25, 0.3) is 0 Å². The fourth-order valence-corrected chi connectivity index (χ4v) is 0. The fraction of sp³-hybridized carbons (Fsp3) is 1.00. The van der Waals surface area contributed by atoms with Crippen molar-refractivity contribution in [3.63, 3.8) is 0 Å². The van der Waals surface area contributed by atoms with E-state index in [4.69, 9.17) is 4.10 Å². The molecule has 0 aliphatic heterocycles. The second-order valence-corrected chi connectivity index (χ2v) is 6.72. The molecule has 0 amide bonds. The van der Waals surface area contributed by atoms with Gasteiger partial charge in [-0.05, 0) is 0 Å². The zero-order valence-corrected chi connectivity index (χ0v) is 5.18. The summed E-state index contributed by atoms with van der Waals surface area (Å²) in [6, 6.07) is 0. The zero-order valence-electron chi connectivity index (χ0n) is 3.30. The van der Waals surface area contributed by atoms with Gasteiger partial charge in [0.25, 0.3) is 0 Å². The second kappa shape index (κ2) is 3.90. The van der Waals surface area contributed by atoms with Gasteiger partial charge in [0.1, 0.15) is 0 Å². The molecule has 0 unspecified atom stereocenters. The molecule has 0 atom stereocenters. The van der Waals surface area contributed by atoms with Crippen molar-refractivity contribution in [1.82, 2.24) is 0 Å². The summed E-state index contributed by atoms with van der Waals surface area (Å²) < 4.78 is 18.0. The van der Waals surface area contributed by atoms with Crippen LogP contribution in [0, 0.1) is 0 Å². The molecule has 0 aromatic rings. The average Bonchev–Trinajstić information content (AvgIpc) is 0.722. The summed E-state index contributed by atoms with van der Waals surface area (Å²) in [5.41, 5.74) is 2.72. The van der Waals surface area contributed by atoms with Crippen molar-refractivity contribution >= 4 is 65.2 Å². The van der Waals surface area contributed by atoms with E-state index in [2.05, 4.69) is 0 Å². The third-order valence-electron chi connectivity index (χ3n) is 0. The topological polar surface area (TPSA) is 37.3 Å². The van der Waals surface area contributed by atoms with E-state index in [1.54, 1.807) is 0 Å². The van der Waals surface area contributed by atoms with Crippen LogP contribution in [0.4, 0.5) is 0 Å². The van der Waals surface area contributed by atoms with Crippen molar-refractivity contribution in [3.8, 4) is 0 Å². The van der Waals surface area contributed by atoms with Crippen LogP contribution in [0.1, 0.15) is 0 Å². The molecule has 0 aliphatic rings. The molecule has 0 aliphatic carbocycles. The van der Waals surface area contributed by atoms with Crippen LogP contribution in [0.5, 0.6) is 0 Å². The van der Waals surface area contributed by atoms with Gasteiger partial charge in [0, 0.05) is 0 Å². The van der Waals surface area contributed by atoms with Gasteiger partial charge in [0.2, 0.25) is 0 Å². The Kier molecular flexibility index (Phi) is 7.05. The van der Waals surface area contributed by atoms with E-state index in [0.717, 1.165) is 0 Å². The molecule has 0 rings (SSSR count). The normalized spacial score (nSPS) is 9.83. The summed E-state index contributed by atoms with van der Waals surface area (Å²) in [5.74, 6) is 0. The molecule has 6 heavy (non-hydrogen) atoms. The molecule has 0 aromatic carbocycles. The van der Waals surface area contributed by atoms with Crippen molar-refractivity contribution < 1.29 is 7.84 Å². The van der Waals surface area contributed by atoms with Crippen molar-refractivity contribution in [1.29, 1.82) is 0 Å². The van der Waals surface area contributed by atoms with Gasteiger partial charge < -0.3 is 0 Å². The van der Waals surface area contributed by atoms with Crippen LogP contribution in [0.2, 0.25) is 11.4 Å². The van der Waals surface area contributed by atoms with Crippen LogP contribution in [0.3, 0.4) is 0 Å². The Morgan fingerprint density at radius 1 is 1.50 bits per heavy atom. The van der Waals surface area contributed by atoms with E-state index < -0.39 is 13.8 Å². The Bertz CT molecular complexity index is 57.7. The Morgan fingerprint density at radius 2 is 1.50 bits per heavy atom. The molecule has 0 saturated heterocycles. The van der Waals surface area contributed by atoms with E-state index in [0.29, 0.717) is 0 Å². The molecule has 0 heterocycles. The predicted molar refractivity (Wildman–Crippen MR) is 27.5 cm³/mol. The van der Waals surface area contributed by atoms with Gasteiger partial charge in [-0.3, -0.25) is 0 Å². The van der Waals surface area contributed by atoms with Gasteiger partial charge in [-0.1, -0.05) is 0 Å². The number of rotatable bonds is 0. The molecular formula is C2H8AsKO2. The van der Waals surface area contributed by atoms with Gasteiger partial charge in [0.05, 0.1) is 0 Å². The second-order valence-electron chi connectivity index (χ2n) is 1.29. The summed E-state index contributed by atoms with van der Waals surface area (Å²) in [7, 11) is 0. The third kappa shape index (κ3) is 38.3. The van der Waals surface area contributed by atoms with Gasteiger partial charge in [-0.15, -0.1) is 0 Å². The number of hydrogen-bond donors (Lipinski definition) is 1. The van der Waals surface area contributed by atoms with Gasteiger partial charge >= 0.3 is 84.5 Å². The maximum absolute atomic E-state index is 9.83. The first kappa shape index (κ1) is 10.9. The van der Waals surface area contributed by atoms with Crippen molar-refractivity contribution in [2.75, 3.05) is 0 Å². The third-order valence-corrected chi connectivity index (χ3v) is 0. The Balaban J connectivity index is 0. The first-order chi connectivity index (χ1) is 2.00. The summed E-state index contributed by atoms with van der Waals surface area (Å²) in [6.07, 6.45) is 0. The Morgan fingerprint density at radius 3 is 1.50 bits per heavy atom. The van der Waals surface area contributed by atoms with E-state index in [9.17, 15) is 3.74 Å². The Labute approximate surface area is 82.8 Å². The minimum atomic E-state index is -3.12. The molecule has 0 radical (unpaired) electrons. The van der Waals surface area contributed by atoms with E-state index in [-0.39, 0.29) is 51.4 Å². The van der Waals surface area contributed by atoms with Crippen molar-refractivity contribution in [3.05, 3.63) is 0 Å². The molecular weight excluding hydrogens is 170 g/mol. The van der Waals surface area contributed by atoms with Gasteiger partial charge in [-0.25, -0.2) is 0 Å². The van der Waals surface area contributed by atoms with Crippen LogP contribution in [-0.2, 0) is 3.74 Å². The molecule has 0 bridgehead atoms. The first-order valence-electron chi connectivity index (χ1n) is 1.28. The fourth-order valence-electron chi connectivity index (χ4n) is 0. The maximum atomic E-state index is 9.83. The van der Waals surface area contributed by atoms with Crippen molar-refractivity contribution in [2.45, 2.75) is 11.4 Å². The van der Waals surface area contributed by atoms with Crippen LogP contribution in [-0.4, -0.2) is 69.3 Å². The first-order valence-corrected chi connectivity index (χ1v) is 6.64. The Hall–Kier alpha value is 1.95. The van der Waals surface area contributed by atoms with Crippen molar-refractivity contribution in [2.24, 2.45) is 0 Å². The number of hydrogen-bond acceptors (Lipinski definition) is 1. The molecule has 0 aromatic heterocycles. The molecule has 0 fully saturated rings. The summed E-state index contributed by atoms with van der Waals surface area (Å²) in [4.78, 5) is 0. The monoisotopic (exact) mass is 178 g/mol. The predicted octanol–water partition coefficient (Wildman–Crippen LogP) is -0.538. The van der Waals surface area contributed by atoms with Crippen LogP contribution in [0.15, 0.2) is 0 Å². The SMILES string of the molecule is C[As](C)(=O)O.[KH]. The molecule has 1 N–H and O–H groups in total. The van der Waals surface area contributed by atoms with E-state index >= 15 is 0 Å². The molecule has 0 saturated carbocycles. The summed E-state index contributed by atoms with van der Waals surface area (Å²) >= 11 is -3.12. The quantitative estimate of drug-likeness (QED) is 0.506. The average molecular weight is 178 g/mol. The summed E-state index contributed by atoms with van der Waals surface area (Å²) in [6.45, 7) is 0. The van der Waals surface area contributed by atoms with Gasteiger partial charge in [-0.2, -0.15) is 0 Å². The van der Waals surface area contributed by atoms with E-state index in [1.165, 1.54) is 11.4 Å². The minimum absolute atomic E-state index is 0. The zero-order chi connectivity index (χ0) is 4.50. The molecule has 34 valence electrons. The molecule has 2 nitrogen and oxygen atoms in total. The molecule has 0 spiro atoms. The van der Waals surface area contributed by atoms with Gasteiger partial charge in [0.15, 0.2) is 0 Å². The van der Waals surface area contributed by atoms with E-state index in [1.807, 2.05) is 0 Å². The van der Waals surface area contributed by atoms with Crippen LogP contribution < -0.4 is 0 Å². The summed E-state index contributed by atoms with van der Waals surface area (Å²) in [5, 5.41) is 0. The standard InChI is InChI=1S/C2H7AsO2.K.H/c1-3(2,4)5;;/h1-2H3,(H,4,5);;.